The second kappa shape index (κ2) is 4.74. The highest BCUT2D eigenvalue weighted by Crippen LogP contribution is 2.30. The van der Waals surface area contributed by atoms with E-state index in [-0.39, 0.29) is 0 Å². The summed E-state index contributed by atoms with van der Waals surface area (Å²) in [4.78, 5) is 1.31. The van der Waals surface area contributed by atoms with Gasteiger partial charge in [0.15, 0.2) is 0 Å². The minimum Gasteiger partial charge on any atom is -0.493 e. The number of thioether (sulfide) groups is 1. The van der Waals surface area contributed by atoms with E-state index in [1.807, 2.05) is 17.8 Å². The van der Waals surface area contributed by atoms with Crippen LogP contribution in [0.4, 0.5) is 0 Å². The summed E-state index contributed by atoms with van der Waals surface area (Å²) in [6, 6.07) is 8.39. The van der Waals surface area contributed by atoms with Gasteiger partial charge in [-0.15, -0.1) is 11.8 Å². The first kappa shape index (κ1) is 9.91. The third-order valence-electron chi connectivity index (χ3n) is 2.30. The summed E-state index contributed by atoms with van der Waals surface area (Å²) >= 11 is 1.86. The minimum atomic E-state index is 0.831. The van der Waals surface area contributed by atoms with Crippen LogP contribution in [0.2, 0.25) is 0 Å². The zero-order chi connectivity index (χ0) is 9.80. The van der Waals surface area contributed by atoms with E-state index in [2.05, 4.69) is 25.1 Å². The molecule has 0 atom stereocenters. The number of hydrogen-bond acceptors (Lipinski definition) is 2. The van der Waals surface area contributed by atoms with Crippen LogP contribution >= 0.6 is 11.8 Å². The van der Waals surface area contributed by atoms with Crippen molar-refractivity contribution < 1.29 is 4.74 Å². The number of rotatable bonds is 5. The molecule has 76 valence electrons. The van der Waals surface area contributed by atoms with Crippen LogP contribution in [0.3, 0.4) is 0 Å². The molecule has 1 aromatic rings. The van der Waals surface area contributed by atoms with Crippen molar-refractivity contribution in [3.8, 4) is 5.75 Å². The van der Waals surface area contributed by atoms with Gasteiger partial charge in [0.1, 0.15) is 5.75 Å². The second-order valence-electron chi connectivity index (χ2n) is 3.66. The van der Waals surface area contributed by atoms with Crippen LogP contribution in [-0.2, 0) is 0 Å². The highest BCUT2D eigenvalue weighted by atomic mass is 32.2. The molecule has 1 aliphatic rings. The van der Waals surface area contributed by atoms with Crippen LogP contribution in [0, 0.1) is 5.92 Å². The Morgan fingerprint density at radius 3 is 3.00 bits per heavy atom. The fraction of sp³-hybridized carbons (Fsp3) is 0.500. The molecule has 14 heavy (non-hydrogen) atoms. The van der Waals surface area contributed by atoms with Crippen LogP contribution in [0.5, 0.6) is 5.75 Å². The van der Waals surface area contributed by atoms with Gasteiger partial charge in [0.25, 0.3) is 0 Å². The summed E-state index contributed by atoms with van der Waals surface area (Å²) in [5, 5.41) is 0. The van der Waals surface area contributed by atoms with E-state index in [1.165, 1.54) is 17.7 Å². The highest BCUT2D eigenvalue weighted by Gasteiger charge is 2.21. The van der Waals surface area contributed by atoms with Gasteiger partial charge >= 0.3 is 0 Å². The fourth-order valence-electron chi connectivity index (χ4n) is 1.32. The number of ether oxygens (including phenoxy) is 1. The monoisotopic (exact) mass is 208 g/mol. The normalized spacial score (nSPS) is 15.5. The van der Waals surface area contributed by atoms with Crippen molar-refractivity contribution >= 4 is 11.8 Å². The lowest BCUT2D eigenvalue weighted by Gasteiger charge is -2.06. The van der Waals surface area contributed by atoms with Crippen LogP contribution < -0.4 is 4.74 Å². The van der Waals surface area contributed by atoms with Crippen LogP contribution in [0.25, 0.3) is 0 Å². The first-order chi connectivity index (χ1) is 6.88. The highest BCUT2D eigenvalue weighted by molar-refractivity contribution is 7.99. The van der Waals surface area contributed by atoms with Gasteiger partial charge in [0, 0.05) is 4.90 Å². The van der Waals surface area contributed by atoms with Crippen LogP contribution in [-0.4, -0.2) is 12.4 Å². The van der Waals surface area contributed by atoms with Crippen molar-refractivity contribution in [2.45, 2.75) is 24.7 Å². The Kier molecular flexibility index (Phi) is 3.35. The van der Waals surface area contributed by atoms with Crippen molar-refractivity contribution in [3.05, 3.63) is 24.3 Å². The summed E-state index contributed by atoms with van der Waals surface area (Å²) in [6.07, 6.45) is 2.70. The minimum absolute atomic E-state index is 0.831. The molecule has 1 aromatic carbocycles. The molecule has 2 rings (SSSR count). The van der Waals surface area contributed by atoms with Gasteiger partial charge in [-0.2, -0.15) is 0 Å². The van der Waals surface area contributed by atoms with Gasteiger partial charge in [0.05, 0.1) is 6.61 Å². The van der Waals surface area contributed by atoms with E-state index in [9.17, 15) is 0 Å². The third kappa shape index (κ3) is 2.95. The molecule has 0 N–H and O–H groups in total. The molecule has 0 aromatic heterocycles. The lowest BCUT2D eigenvalue weighted by atomic mass is 10.3. The predicted molar refractivity (Wildman–Crippen MR) is 61.1 cm³/mol. The van der Waals surface area contributed by atoms with Gasteiger partial charge in [0.2, 0.25) is 0 Å². The quantitative estimate of drug-likeness (QED) is 0.684. The van der Waals surface area contributed by atoms with Crippen molar-refractivity contribution in [1.29, 1.82) is 0 Å². The lowest BCUT2D eigenvalue weighted by molar-refractivity contribution is 0.299. The molecular weight excluding hydrogens is 192 g/mol. The van der Waals surface area contributed by atoms with Gasteiger partial charge < -0.3 is 4.74 Å². The molecule has 0 heterocycles. The summed E-state index contributed by atoms with van der Waals surface area (Å²) in [5.74, 6) is 2.97. The molecule has 2 heteroatoms. The van der Waals surface area contributed by atoms with Gasteiger partial charge in [-0.05, 0) is 42.7 Å². The number of hydrogen-bond donors (Lipinski definition) is 0. The summed E-state index contributed by atoms with van der Waals surface area (Å²) < 4.78 is 5.70. The van der Waals surface area contributed by atoms with Crippen LogP contribution in [0.1, 0.15) is 19.8 Å². The van der Waals surface area contributed by atoms with E-state index >= 15 is 0 Å². The standard InChI is InChI=1S/C12H16OS/c1-2-14-12-5-3-4-11(8-12)13-9-10-6-7-10/h3-5,8,10H,2,6-7,9H2,1H3. The molecule has 1 aliphatic carbocycles. The zero-order valence-corrected chi connectivity index (χ0v) is 9.35. The van der Waals surface area contributed by atoms with Crippen molar-refractivity contribution in [2.75, 3.05) is 12.4 Å². The van der Waals surface area contributed by atoms with E-state index in [0.29, 0.717) is 0 Å². The summed E-state index contributed by atoms with van der Waals surface area (Å²) in [7, 11) is 0. The summed E-state index contributed by atoms with van der Waals surface area (Å²) in [5.41, 5.74) is 0. The third-order valence-corrected chi connectivity index (χ3v) is 3.18. The van der Waals surface area contributed by atoms with Gasteiger partial charge in [-0.1, -0.05) is 13.0 Å². The fourth-order valence-corrected chi connectivity index (χ4v) is 2.03. The Morgan fingerprint density at radius 2 is 2.29 bits per heavy atom. The van der Waals surface area contributed by atoms with E-state index in [1.54, 1.807) is 0 Å². The van der Waals surface area contributed by atoms with Crippen molar-refractivity contribution in [2.24, 2.45) is 5.92 Å². The second-order valence-corrected chi connectivity index (χ2v) is 5.00. The maximum atomic E-state index is 5.70. The van der Waals surface area contributed by atoms with E-state index in [4.69, 9.17) is 4.74 Å². The first-order valence-electron chi connectivity index (χ1n) is 5.24. The molecule has 0 bridgehead atoms. The Bertz CT molecular complexity index is 294. The van der Waals surface area contributed by atoms with E-state index in [0.717, 1.165) is 24.0 Å². The molecule has 0 spiro atoms. The van der Waals surface area contributed by atoms with Crippen molar-refractivity contribution in [3.63, 3.8) is 0 Å². The topological polar surface area (TPSA) is 9.23 Å². The van der Waals surface area contributed by atoms with Crippen LogP contribution in [0.15, 0.2) is 29.2 Å². The SMILES string of the molecule is CCSc1cccc(OCC2CC2)c1. The average Bonchev–Trinajstić information content (AvgIpc) is 2.99. The maximum Gasteiger partial charge on any atom is 0.120 e. The Balaban J connectivity index is 1.90. The van der Waals surface area contributed by atoms with E-state index < -0.39 is 0 Å². The molecular formula is C12H16OS. The predicted octanol–water partition coefficient (Wildman–Crippen LogP) is 3.59. The zero-order valence-electron chi connectivity index (χ0n) is 8.53. The van der Waals surface area contributed by atoms with Gasteiger partial charge in [-0.25, -0.2) is 0 Å². The molecule has 1 fully saturated rings. The smallest absolute Gasteiger partial charge is 0.120 e. The molecule has 0 saturated heterocycles. The van der Waals surface area contributed by atoms with Crippen molar-refractivity contribution in [1.82, 2.24) is 0 Å². The molecule has 0 radical (unpaired) electrons. The number of benzene rings is 1. The Hall–Kier alpha value is -0.630. The molecule has 1 saturated carbocycles. The molecule has 0 amide bonds. The lowest BCUT2D eigenvalue weighted by Crippen LogP contribution is -1.98. The summed E-state index contributed by atoms with van der Waals surface area (Å²) in [6.45, 7) is 3.07. The Morgan fingerprint density at radius 1 is 1.43 bits per heavy atom. The molecule has 0 unspecified atom stereocenters. The first-order valence-corrected chi connectivity index (χ1v) is 6.22. The Labute approximate surface area is 89.9 Å². The molecule has 1 nitrogen and oxygen atoms in total. The largest absolute Gasteiger partial charge is 0.493 e. The van der Waals surface area contributed by atoms with Gasteiger partial charge in [-0.3, -0.25) is 0 Å². The average molecular weight is 208 g/mol. The maximum absolute atomic E-state index is 5.70. The molecule has 0 aliphatic heterocycles.